The van der Waals surface area contributed by atoms with E-state index in [1.165, 1.54) is 4.31 Å². The normalized spacial score (nSPS) is 19.5. The first-order chi connectivity index (χ1) is 8.36. The molecule has 0 radical (unpaired) electrons. The van der Waals surface area contributed by atoms with Crippen molar-refractivity contribution in [2.75, 3.05) is 18.8 Å². The van der Waals surface area contributed by atoms with Gasteiger partial charge in [-0.1, -0.05) is 6.92 Å². The summed E-state index contributed by atoms with van der Waals surface area (Å²) in [5, 5.41) is 2.84. The molecule has 0 aromatic heterocycles. The molecule has 19 heavy (non-hydrogen) atoms. The van der Waals surface area contributed by atoms with E-state index >= 15 is 0 Å². The van der Waals surface area contributed by atoms with Gasteiger partial charge in [-0.2, -0.15) is 0 Å². The average molecular weight is 314 g/mol. The van der Waals surface area contributed by atoms with Crippen LogP contribution in [0.4, 0.5) is 0 Å². The quantitative estimate of drug-likeness (QED) is 0.751. The zero-order valence-corrected chi connectivity index (χ0v) is 13.1. The van der Waals surface area contributed by atoms with Gasteiger partial charge in [0, 0.05) is 19.1 Å². The van der Waals surface area contributed by atoms with Crippen LogP contribution >= 0.6 is 12.4 Å². The van der Waals surface area contributed by atoms with Gasteiger partial charge < -0.3 is 11.1 Å². The molecule has 0 unspecified atom stereocenters. The molecule has 1 aliphatic heterocycles. The fourth-order valence-electron chi connectivity index (χ4n) is 2.00. The minimum atomic E-state index is -3.11. The Kier molecular flexibility index (Phi) is 7.88. The van der Waals surface area contributed by atoms with Gasteiger partial charge in [-0.25, -0.2) is 12.7 Å². The van der Waals surface area contributed by atoms with Crippen LogP contribution in [0.3, 0.4) is 0 Å². The molecule has 1 atom stereocenters. The van der Waals surface area contributed by atoms with E-state index in [4.69, 9.17) is 5.73 Å². The van der Waals surface area contributed by atoms with Crippen LogP contribution in [0.25, 0.3) is 0 Å². The third-order valence-electron chi connectivity index (χ3n) is 3.07. The zero-order chi connectivity index (χ0) is 13.8. The van der Waals surface area contributed by atoms with E-state index in [9.17, 15) is 13.2 Å². The highest BCUT2D eigenvalue weighted by Crippen LogP contribution is 2.15. The van der Waals surface area contributed by atoms with E-state index in [0.717, 1.165) is 0 Å². The number of hydrogen-bond donors (Lipinski definition) is 2. The Hall–Kier alpha value is -0.370. The van der Waals surface area contributed by atoms with Crippen molar-refractivity contribution in [2.24, 2.45) is 5.73 Å². The van der Waals surface area contributed by atoms with Crippen LogP contribution < -0.4 is 11.1 Å². The summed E-state index contributed by atoms with van der Waals surface area (Å²) in [4.78, 5) is 11.4. The van der Waals surface area contributed by atoms with Crippen LogP contribution in [-0.2, 0) is 14.8 Å². The van der Waals surface area contributed by atoms with E-state index in [2.05, 4.69) is 5.32 Å². The molecule has 1 heterocycles. The molecule has 0 aromatic rings. The minimum Gasteiger partial charge on any atom is -0.352 e. The highest BCUT2D eigenvalue weighted by molar-refractivity contribution is 7.89. The fraction of sp³-hybridized carbons (Fsp3) is 0.909. The van der Waals surface area contributed by atoms with Crippen molar-refractivity contribution in [3.63, 3.8) is 0 Å². The summed E-state index contributed by atoms with van der Waals surface area (Å²) in [7, 11) is -3.11. The Morgan fingerprint density at radius 2 is 1.95 bits per heavy atom. The summed E-state index contributed by atoms with van der Waals surface area (Å²) in [6, 6.07) is -0.483. The molecule has 1 fully saturated rings. The van der Waals surface area contributed by atoms with E-state index in [1.54, 1.807) is 6.92 Å². The Morgan fingerprint density at radius 1 is 1.42 bits per heavy atom. The lowest BCUT2D eigenvalue weighted by molar-refractivity contribution is -0.122. The molecule has 8 heteroatoms. The maximum atomic E-state index is 11.8. The van der Waals surface area contributed by atoms with Crippen molar-refractivity contribution in [2.45, 2.75) is 45.2 Å². The number of rotatable bonds is 5. The fourth-order valence-corrected chi connectivity index (χ4v) is 3.54. The summed E-state index contributed by atoms with van der Waals surface area (Å²) in [5.74, 6) is 0.0222. The van der Waals surface area contributed by atoms with Crippen LogP contribution in [0, 0.1) is 0 Å². The number of carbonyl (C=O) groups is 1. The molecular weight excluding hydrogens is 290 g/mol. The molecule has 1 saturated heterocycles. The lowest BCUT2D eigenvalue weighted by atomic mass is 10.1. The molecule has 0 saturated carbocycles. The van der Waals surface area contributed by atoms with Crippen molar-refractivity contribution in [1.29, 1.82) is 0 Å². The van der Waals surface area contributed by atoms with Crippen molar-refractivity contribution in [1.82, 2.24) is 9.62 Å². The predicted octanol–water partition coefficient (Wildman–Crippen LogP) is 0.0758. The van der Waals surface area contributed by atoms with Gasteiger partial charge in [-0.05, 0) is 26.2 Å². The van der Waals surface area contributed by atoms with Gasteiger partial charge in [0.15, 0.2) is 0 Å². The molecule has 1 aliphatic rings. The number of amides is 1. The second-order valence-electron chi connectivity index (χ2n) is 4.79. The smallest absolute Gasteiger partial charge is 0.236 e. The van der Waals surface area contributed by atoms with Crippen molar-refractivity contribution >= 4 is 28.3 Å². The highest BCUT2D eigenvalue weighted by Gasteiger charge is 2.28. The molecule has 1 rings (SSSR count). The van der Waals surface area contributed by atoms with Crippen LogP contribution in [0.2, 0.25) is 0 Å². The lowest BCUT2D eigenvalue weighted by Gasteiger charge is -2.31. The molecular formula is C11H24ClN3O3S. The van der Waals surface area contributed by atoms with Crippen LogP contribution in [0.5, 0.6) is 0 Å². The number of nitrogens with two attached hydrogens (primary N) is 1. The SMILES string of the molecule is CCCS(=O)(=O)N1CCC(NC(=O)[C@H](C)N)CC1.Cl. The van der Waals surface area contributed by atoms with E-state index < -0.39 is 16.1 Å². The molecule has 0 aliphatic carbocycles. The lowest BCUT2D eigenvalue weighted by Crippen LogP contribution is -2.50. The third-order valence-corrected chi connectivity index (χ3v) is 5.15. The number of nitrogens with one attached hydrogen (secondary N) is 1. The van der Waals surface area contributed by atoms with Gasteiger partial charge in [-0.15, -0.1) is 12.4 Å². The minimum absolute atomic E-state index is 0. The maximum Gasteiger partial charge on any atom is 0.236 e. The predicted molar refractivity (Wildman–Crippen MR) is 77.7 cm³/mol. The number of carbonyl (C=O) groups excluding carboxylic acids is 1. The summed E-state index contributed by atoms with van der Waals surface area (Å²) in [6.07, 6.45) is 1.94. The molecule has 0 aromatic carbocycles. The largest absolute Gasteiger partial charge is 0.352 e. The number of sulfonamides is 1. The molecule has 0 bridgehead atoms. The first-order valence-electron chi connectivity index (χ1n) is 6.40. The van der Waals surface area contributed by atoms with Gasteiger partial charge >= 0.3 is 0 Å². The van der Waals surface area contributed by atoms with Crippen LogP contribution in [0.15, 0.2) is 0 Å². The van der Waals surface area contributed by atoms with Crippen molar-refractivity contribution in [3.8, 4) is 0 Å². The molecule has 0 spiro atoms. The first kappa shape index (κ1) is 18.6. The Morgan fingerprint density at radius 3 is 2.37 bits per heavy atom. The first-order valence-corrected chi connectivity index (χ1v) is 8.01. The van der Waals surface area contributed by atoms with Gasteiger partial charge in [0.05, 0.1) is 11.8 Å². The third kappa shape index (κ3) is 5.64. The molecule has 6 nitrogen and oxygen atoms in total. The van der Waals surface area contributed by atoms with Gasteiger partial charge in [0.25, 0.3) is 0 Å². The Balaban J connectivity index is 0.00000324. The summed E-state index contributed by atoms with van der Waals surface area (Å²) < 4.78 is 25.2. The molecule has 1 amide bonds. The van der Waals surface area contributed by atoms with E-state index in [-0.39, 0.29) is 30.1 Å². The summed E-state index contributed by atoms with van der Waals surface area (Å²) in [5.41, 5.74) is 5.47. The highest BCUT2D eigenvalue weighted by atomic mass is 35.5. The van der Waals surface area contributed by atoms with Crippen molar-refractivity contribution < 1.29 is 13.2 Å². The number of nitrogens with zero attached hydrogens (tertiary/aromatic N) is 1. The maximum absolute atomic E-state index is 11.8. The number of piperidine rings is 1. The Labute approximate surface area is 121 Å². The number of halogens is 1. The monoisotopic (exact) mass is 313 g/mol. The second-order valence-corrected chi connectivity index (χ2v) is 6.88. The van der Waals surface area contributed by atoms with Crippen molar-refractivity contribution in [3.05, 3.63) is 0 Å². The zero-order valence-electron chi connectivity index (χ0n) is 11.5. The van der Waals surface area contributed by atoms with E-state index in [0.29, 0.717) is 32.4 Å². The standard InChI is InChI=1S/C11H23N3O3S.ClH/c1-3-8-18(16,17)14-6-4-10(5-7-14)13-11(15)9(2)12;/h9-10H,3-8,12H2,1-2H3,(H,13,15);1H/t9-;/m0./s1. The van der Waals surface area contributed by atoms with Crippen LogP contribution in [0.1, 0.15) is 33.1 Å². The van der Waals surface area contributed by atoms with Gasteiger partial charge in [0.2, 0.25) is 15.9 Å². The average Bonchev–Trinajstić information content (AvgIpc) is 2.29. The van der Waals surface area contributed by atoms with E-state index in [1.807, 2.05) is 6.92 Å². The molecule has 114 valence electrons. The second kappa shape index (κ2) is 8.04. The summed E-state index contributed by atoms with van der Waals surface area (Å²) in [6.45, 7) is 4.45. The van der Waals surface area contributed by atoms with Gasteiger partial charge in [0.1, 0.15) is 0 Å². The number of hydrogen-bond acceptors (Lipinski definition) is 4. The summed E-state index contributed by atoms with van der Waals surface area (Å²) >= 11 is 0. The molecule has 3 N–H and O–H groups in total. The van der Waals surface area contributed by atoms with Gasteiger partial charge in [-0.3, -0.25) is 4.79 Å². The topological polar surface area (TPSA) is 92.5 Å². The van der Waals surface area contributed by atoms with Crippen LogP contribution in [-0.4, -0.2) is 49.6 Å². The Bertz CT molecular complexity index is 379.